The Balaban J connectivity index is 1.81. The predicted octanol–water partition coefficient (Wildman–Crippen LogP) is 2.40. The SMILES string of the molecule is Cc1ccc(OCCN(C)C(=O)[C@@H]2CC(=O)N[C@H](CC(C)C)C(=O)N(C)CCOc3ccccc3C(=O)N2)cc1. The van der Waals surface area contributed by atoms with Crippen LogP contribution in [0.5, 0.6) is 11.5 Å². The fourth-order valence-electron chi connectivity index (χ4n) is 4.33. The number of nitrogens with zero attached hydrogens (tertiary/aromatic N) is 2. The van der Waals surface area contributed by atoms with Crippen molar-refractivity contribution in [3.8, 4) is 11.5 Å². The van der Waals surface area contributed by atoms with Gasteiger partial charge in [-0.15, -0.1) is 0 Å². The number of hydrogen-bond donors (Lipinski definition) is 2. The van der Waals surface area contributed by atoms with Crippen molar-refractivity contribution in [2.75, 3.05) is 40.4 Å². The highest BCUT2D eigenvalue weighted by Gasteiger charge is 2.31. The molecule has 0 unspecified atom stereocenters. The molecule has 2 aromatic rings. The molecule has 10 nitrogen and oxygen atoms in total. The number of carbonyl (C=O) groups excluding carboxylic acids is 4. The van der Waals surface area contributed by atoms with E-state index in [-0.39, 0.29) is 50.1 Å². The van der Waals surface area contributed by atoms with E-state index in [9.17, 15) is 19.2 Å². The standard InChI is InChI=1S/C30H40N4O6/c1-20(2)18-24-29(37)34(5)15-17-40-26-9-7-6-8-23(26)28(36)32-25(19-27(35)31-24)30(38)33(4)14-16-39-22-12-10-21(3)11-13-22/h6-13,20,24-25H,14-19H2,1-5H3,(H,31,35)(H,32,36)/t24-,25+/m1/s1. The van der Waals surface area contributed by atoms with Crippen LogP contribution in [0.15, 0.2) is 48.5 Å². The summed E-state index contributed by atoms with van der Waals surface area (Å²) in [6.07, 6.45) is 0.0994. The summed E-state index contributed by atoms with van der Waals surface area (Å²) in [5.74, 6) is -0.588. The zero-order valence-electron chi connectivity index (χ0n) is 23.9. The van der Waals surface area contributed by atoms with E-state index < -0.39 is 29.8 Å². The van der Waals surface area contributed by atoms with Crippen LogP contribution in [0.2, 0.25) is 0 Å². The van der Waals surface area contributed by atoms with Gasteiger partial charge < -0.3 is 29.9 Å². The molecule has 0 radical (unpaired) electrons. The number of hydrogen-bond acceptors (Lipinski definition) is 6. The van der Waals surface area contributed by atoms with Crippen molar-refractivity contribution in [2.45, 2.75) is 45.7 Å². The van der Waals surface area contributed by atoms with Gasteiger partial charge in [-0.3, -0.25) is 19.2 Å². The number of aryl methyl sites for hydroxylation is 1. The first-order valence-electron chi connectivity index (χ1n) is 13.6. The van der Waals surface area contributed by atoms with Crippen molar-refractivity contribution in [3.63, 3.8) is 0 Å². The zero-order valence-corrected chi connectivity index (χ0v) is 23.9. The molecule has 40 heavy (non-hydrogen) atoms. The molecule has 0 aromatic heterocycles. The largest absolute Gasteiger partial charge is 0.492 e. The minimum atomic E-state index is -1.17. The lowest BCUT2D eigenvalue weighted by Gasteiger charge is -2.28. The van der Waals surface area contributed by atoms with E-state index in [1.807, 2.05) is 45.0 Å². The van der Waals surface area contributed by atoms with E-state index >= 15 is 0 Å². The summed E-state index contributed by atoms with van der Waals surface area (Å²) in [5, 5.41) is 5.51. The molecule has 0 aliphatic carbocycles. The molecule has 2 atom stereocenters. The van der Waals surface area contributed by atoms with Gasteiger partial charge in [-0.05, 0) is 43.5 Å². The Hall–Kier alpha value is -4.08. The average Bonchev–Trinajstić information content (AvgIpc) is 2.91. The maximum Gasteiger partial charge on any atom is 0.255 e. The van der Waals surface area contributed by atoms with Gasteiger partial charge in [0.1, 0.15) is 36.8 Å². The lowest BCUT2D eigenvalue weighted by molar-refractivity contribution is -0.137. The molecular weight excluding hydrogens is 512 g/mol. The van der Waals surface area contributed by atoms with E-state index in [0.717, 1.165) is 5.56 Å². The van der Waals surface area contributed by atoms with E-state index in [4.69, 9.17) is 9.47 Å². The number of para-hydroxylation sites is 1. The molecule has 0 saturated heterocycles. The molecule has 4 amide bonds. The van der Waals surface area contributed by atoms with Crippen molar-refractivity contribution in [3.05, 3.63) is 59.7 Å². The first-order chi connectivity index (χ1) is 19.0. The fourth-order valence-corrected chi connectivity index (χ4v) is 4.33. The number of ether oxygens (including phenoxy) is 2. The Kier molecular flexibility index (Phi) is 10.9. The van der Waals surface area contributed by atoms with Crippen molar-refractivity contribution >= 4 is 23.6 Å². The first-order valence-corrected chi connectivity index (χ1v) is 13.6. The molecule has 0 spiro atoms. The minimum Gasteiger partial charge on any atom is -0.492 e. The normalized spacial score (nSPS) is 18.6. The van der Waals surface area contributed by atoms with Crippen LogP contribution in [0.4, 0.5) is 0 Å². The molecule has 10 heteroatoms. The van der Waals surface area contributed by atoms with Crippen LogP contribution in [0, 0.1) is 12.8 Å². The Morgan fingerprint density at radius 1 is 1.10 bits per heavy atom. The van der Waals surface area contributed by atoms with Crippen molar-refractivity contribution in [1.29, 1.82) is 0 Å². The summed E-state index contributed by atoms with van der Waals surface area (Å²) < 4.78 is 11.6. The maximum atomic E-state index is 13.5. The third-order valence-corrected chi connectivity index (χ3v) is 6.62. The van der Waals surface area contributed by atoms with Gasteiger partial charge >= 0.3 is 0 Å². The van der Waals surface area contributed by atoms with Crippen LogP contribution in [0.3, 0.4) is 0 Å². The summed E-state index contributed by atoms with van der Waals surface area (Å²) in [6.45, 7) is 6.80. The van der Waals surface area contributed by atoms with Gasteiger partial charge in [0.2, 0.25) is 17.7 Å². The highest BCUT2D eigenvalue weighted by Crippen LogP contribution is 2.19. The third-order valence-electron chi connectivity index (χ3n) is 6.62. The molecule has 1 heterocycles. The predicted molar refractivity (Wildman–Crippen MR) is 151 cm³/mol. The quantitative estimate of drug-likeness (QED) is 0.545. The molecule has 216 valence electrons. The lowest BCUT2D eigenvalue weighted by Crippen LogP contribution is -2.53. The van der Waals surface area contributed by atoms with Gasteiger partial charge in [0, 0.05) is 14.1 Å². The molecule has 0 fully saturated rings. The van der Waals surface area contributed by atoms with Gasteiger partial charge in [-0.25, -0.2) is 0 Å². The highest BCUT2D eigenvalue weighted by molar-refractivity contribution is 6.01. The number of benzene rings is 2. The third kappa shape index (κ3) is 8.72. The maximum absolute atomic E-state index is 13.5. The van der Waals surface area contributed by atoms with Crippen LogP contribution in [0.25, 0.3) is 0 Å². The van der Waals surface area contributed by atoms with Gasteiger partial charge in [0.25, 0.3) is 5.91 Å². The molecule has 0 bridgehead atoms. The summed E-state index contributed by atoms with van der Waals surface area (Å²) in [6, 6.07) is 12.3. The van der Waals surface area contributed by atoms with Crippen molar-refractivity contribution < 1.29 is 28.7 Å². The van der Waals surface area contributed by atoms with E-state index in [2.05, 4.69) is 10.6 Å². The van der Waals surface area contributed by atoms with E-state index in [0.29, 0.717) is 17.9 Å². The first kappa shape index (κ1) is 30.5. The smallest absolute Gasteiger partial charge is 0.255 e. The van der Waals surface area contributed by atoms with Crippen LogP contribution in [-0.4, -0.2) is 85.9 Å². The van der Waals surface area contributed by atoms with Crippen LogP contribution < -0.4 is 20.1 Å². The number of likely N-dealkylation sites (N-methyl/N-ethyl adjacent to an activating group) is 2. The topological polar surface area (TPSA) is 117 Å². The summed E-state index contributed by atoms with van der Waals surface area (Å²) in [7, 11) is 3.24. The van der Waals surface area contributed by atoms with E-state index in [1.54, 1.807) is 38.4 Å². The molecular formula is C30H40N4O6. The Labute approximate surface area is 236 Å². The van der Waals surface area contributed by atoms with E-state index in [1.165, 1.54) is 9.80 Å². The van der Waals surface area contributed by atoms with Crippen molar-refractivity contribution in [1.82, 2.24) is 20.4 Å². The highest BCUT2D eigenvalue weighted by atomic mass is 16.5. The molecule has 0 saturated carbocycles. The number of fused-ring (bicyclic) bond motifs is 1. The number of amides is 4. The zero-order chi connectivity index (χ0) is 29.2. The van der Waals surface area contributed by atoms with Crippen molar-refractivity contribution in [2.24, 2.45) is 5.92 Å². The molecule has 2 N–H and O–H groups in total. The summed E-state index contributed by atoms with van der Waals surface area (Å²) in [5.41, 5.74) is 1.34. The van der Waals surface area contributed by atoms with Gasteiger partial charge in [-0.1, -0.05) is 43.7 Å². The fraction of sp³-hybridized carbons (Fsp3) is 0.467. The number of rotatable bonds is 7. The Bertz CT molecular complexity index is 1180. The molecule has 3 rings (SSSR count). The molecule has 1 aliphatic rings. The van der Waals surface area contributed by atoms with Crippen LogP contribution >= 0.6 is 0 Å². The second-order valence-electron chi connectivity index (χ2n) is 10.5. The van der Waals surface area contributed by atoms with Crippen LogP contribution in [-0.2, 0) is 14.4 Å². The number of carbonyl (C=O) groups is 4. The van der Waals surface area contributed by atoms with Gasteiger partial charge in [0.15, 0.2) is 0 Å². The summed E-state index contributed by atoms with van der Waals surface area (Å²) in [4.78, 5) is 56.0. The molecule has 1 aliphatic heterocycles. The minimum absolute atomic E-state index is 0.140. The van der Waals surface area contributed by atoms with Gasteiger partial charge in [-0.2, -0.15) is 0 Å². The lowest BCUT2D eigenvalue weighted by atomic mass is 10.0. The Morgan fingerprint density at radius 3 is 2.50 bits per heavy atom. The molecule has 2 aromatic carbocycles. The second-order valence-corrected chi connectivity index (χ2v) is 10.5. The monoisotopic (exact) mass is 552 g/mol. The summed E-state index contributed by atoms with van der Waals surface area (Å²) >= 11 is 0. The Morgan fingerprint density at radius 2 is 1.80 bits per heavy atom. The second kappa shape index (κ2) is 14.3. The number of nitrogens with one attached hydrogen (secondary N) is 2. The van der Waals surface area contributed by atoms with Crippen LogP contribution in [0.1, 0.15) is 42.6 Å². The average molecular weight is 553 g/mol. The van der Waals surface area contributed by atoms with Gasteiger partial charge in [0.05, 0.1) is 25.1 Å².